The summed E-state index contributed by atoms with van der Waals surface area (Å²) >= 11 is 0. The van der Waals surface area contributed by atoms with Crippen molar-refractivity contribution in [3.05, 3.63) is 174 Å². The number of nitrogens with zero attached hydrogens (tertiary/aromatic N) is 2. The number of hydrogen-bond donors (Lipinski definition) is 1. The van der Waals surface area contributed by atoms with E-state index in [0.29, 0.717) is 32.6 Å². The van der Waals surface area contributed by atoms with E-state index >= 15 is 0 Å². The first-order valence-corrected chi connectivity index (χ1v) is 27.3. The standard InChI is InChI=1S/C54H68N2O3Si2/c1-43(25-23-24-38-58-42-46-28-15-9-16-29-46)54(57)40-51(60(6,7)47-30-17-10-18-31-47)50(39-52(54)56(37-36-55)41-45-26-13-8-14-27-45)44(2)59-61(53(3,4)5,48-32-19-11-20-33-48)49-34-21-12-22-35-49/h8-22,25-35,44,50-52,57H,23-24,37-42H2,1-7H3/b43-25-/t44-,50-,51+,52-,54-/m1/s1. The fourth-order valence-electron chi connectivity index (χ4n) is 10.2. The van der Waals surface area contributed by atoms with Crippen LogP contribution in [0.25, 0.3) is 0 Å². The first kappa shape index (κ1) is 46.1. The average molecular weight is 849 g/mol. The molecule has 1 aliphatic rings. The highest BCUT2D eigenvalue weighted by molar-refractivity contribution is 6.99. The third-order valence-electron chi connectivity index (χ3n) is 13.6. The molecule has 5 atom stereocenters. The molecule has 0 heterocycles. The Labute approximate surface area is 369 Å². The Bertz CT molecular complexity index is 2110. The Balaban J connectivity index is 1.43. The maximum atomic E-state index is 13.7. The number of hydrogen-bond acceptors (Lipinski definition) is 5. The van der Waals surface area contributed by atoms with Crippen molar-refractivity contribution in [2.45, 2.75) is 115 Å². The van der Waals surface area contributed by atoms with E-state index in [1.54, 1.807) is 0 Å². The Hall–Kier alpha value is -4.40. The summed E-state index contributed by atoms with van der Waals surface area (Å²) in [6.07, 6.45) is 5.05. The zero-order valence-corrected chi connectivity index (χ0v) is 39.6. The molecule has 0 saturated heterocycles. The Kier molecular flexibility index (Phi) is 15.6. The van der Waals surface area contributed by atoms with E-state index in [2.05, 4.69) is 192 Å². The molecule has 6 rings (SSSR count). The fraction of sp³-hybridized carbons (Fsp3) is 0.389. The van der Waals surface area contributed by atoms with Gasteiger partial charge >= 0.3 is 0 Å². The van der Waals surface area contributed by atoms with Crippen LogP contribution in [-0.4, -0.2) is 57.3 Å². The minimum atomic E-state index is -2.93. The monoisotopic (exact) mass is 848 g/mol. The normalized spacial score (nSPS) is 20.6. The number of ether oxygens (including phenoxy) is 1. The van der Waals surface area contributed by atoms with Crippen LogP contribution in [0.1, 0.15) is 71.4 Å². The maximum absolute atomic E-state index is 13.7. The van der Waals surface area contributed by atoms with Crippen LogP contribution in [0.5, 0.6) is 0 Å². The molecule has 1 saturated carbocycles. The third-order valence-corrected chi connectivity index (χ3v) is 23.0. The van der Waals surface area contributed by atoms with Crippen LogP contribution < -0.4 is 15.6 Å². The minimum absolute atomic E-state index is 0.102. The molecular weight excluding hydrogens is 781 g/mol. The molecule has 0 aliphatic heterocycles. The highest BCUT2D eigenvalue weighted by atomic mass is 28.4. The first-order chi connectivity index (χ1) is 29.3. The lowest BCUT2D eigenvalue weighted by Gasteiger charge is -2.56. The van der Waals surface area contributed by atoms with Crippen LogP contribution >= 0.6 is 0 Å². The lowest BCUT2D eigenvalue weighted by atomic mass is 9.69. The van der Waals surface area contributed by atoms with Gasteiger partial charge in [0.25, 0.3) is 8.32 Å². The van der Waals surface area contributed by atoms with Gasteiger partial charge in [0.1, 0.15) is 5.60 Å². The Morgan fingerprint density at radius 3 is 1.80 bits per heavy atom. The quantitative estimate of drug-likeness (QED) is 0.0412. The summed E-state index contributed by atoms with van der Waals surface area (Å²) in [7, 11) is -5.25. The SMILES string of the molecule is C/C(=C/CCCOCc1ccccc1)[C@]1(O)C[C@H]([Si](C)(C)c2ccccc2)[C@@H]([C@@H](C)O[Si](c2ccccc2)(c2ccccc2)C(C)(C)C)C[C@H]1N(CC#N)Cc1ccccc1. The van der Waals surface area contributed by atoms with Crippen molar-refractivity contribution in [2.75, 3.05) is 13.2 Å². The molecule has 1 N–H and O–H groups in total. The van der Waals surface area contributed by atoms with Gasteiger partial charge in [-0.05, 0) is 83.1 Å². The van der Waals surface area contributed by atoms with Crippen LogP contribution in [0.3, 0.4) is 0 Å². The van der Waals surface area contributed by atoms with Crippen molar-refractivity contribution < 1.29 is 14.3 Å². The molecule has 0 spiro atoms. The summed E-state index contributed by atoms with van der Waals surface area (Å²) in [6.45, 7) is 18.5. The van der Waals surface area contributed by atoms with Crippen LogP contribution in [0.4, 0.5) is 0 Å². The molecule has 0 radical (unpaired) electrons. The first-order valence-electron chi connectivity index (χ1n) is 22.3. The average Bonchev–Trinajstić information content (AvgIpc) is 3.27. The summed E-state index contributed by atoms with van der Waals surface area (Å²) in [4.78, 5) is 2.26. The second-order valence-electron chi connectivity index (χ2n) is 18.8. The molecular formula is C54H68N2O3Si2. The molecule has 0 unspecified atom stereocenters. The summed E-state index contributed by atoms with van der Waals surface area (Å²) in [5, 5.41) is 27.8. The van der Waals surface area contributed by atoms with Crippen molar-refractivity contribution in [3.8, 4) is 6.07 Å². The Morgan fingerprint density at radius 1 is 0.803 bits per heavy atom. The highest BCUT2D eigenvalue weighted by Crippen LogP contribution is 2.52. The summed E-state index contributed by atoms with van der Waals surface area (Å²) in [6, 6.07) is 55.8. The van der Waals surface area contributed by atoms with Crippen molar-refractivity contribution in [2.24, 2.45) is 5.92 Å². The maximum Gasteiger partial charge on any atom is 0.261 e. The molecule has 0 amide bonds. The lowest BCUT2D eigenvalue weighted by Crippen LogP contribution is -2.69. The van der Waals surface area contributed by atoms with Gasteiger partial charge in [-0.15, -0.1) is 0 Å². The number of allylic oxidation sites excluding steroid dienone is 1. The van der Waals surface area contributed by atoms with Crippen LogP contribution in [0.15, 0.2) is 163 Å². The fourth-order valence-corrected chi connectivity index (χ4v) is 18.7. The lowest BCUT2D eigenvalue weighted by molar-refractivity contribution is -0.0730. The molecule has 1 aliphatic carbocycles. The van der Waals surface area contributed by atoms with Gasteiger partial charge in [0.15, 0.2) is 0 Å². The number of unbranched alkanes of at least 4 members (excludes halogenated alkanes) is 1. The second kappa shape index (κ2) is 20.6. The van der Waals surface area contributed by atoms with Gasteiger partial charge < -0.3 is 14.3 Å². The predicted octanol–water partition coefficient (Wildman–Crippen LogP) is 10.4. The second-order valence-corrected chi connectivity index (χ2v) is 27.9. The zero-order valence-electron chi connectivity index (χ0n) is 37.6. The minimum Gasteiger partial charge on any atom is -0.404 e. The molecule has 0 aromatic heterocycles. The van der Waals surface area contributed by atoms with Crippen molar-refractivity contribution in [3.63, 3.8) is 0 Å². The summed E-state index contributed by atoms with van der Waals surface area (Å²) < 4.78 is 14.1. The molecule has 5 aromatic rings. The van der Waals surface area contributed by atoms with Gasteiger partial charge in [0, 0.05) is 25.3 Å². The van der Waals surface area contributed by atoms with E-state index in [4.69, 9.17) is 9.16 Å². The van der Waals surface area contributed by atoms with Gasteiger partial charge in [-0.2, -0.15) is 5.26 Å². The Morgan fingerprint density at radius 2 is 1.30 bits per heavy atom. The van der Waals surface area contributed by atoms with Gasteiger partial charge in [-0.25, -0.2) is 0 Å². The molecule has 0 bridgehead atoms. The summed E-state index contributed by atoms with van der Waals surface area (Å²) in [5.74, 6) is 0.102. The molecule has 7 heteroatoms. The number of benzene rings is 5. The number of aliphatic hydroxyl groups is 1. The van der Waals surface area contributed by atoms with E-state index in [9.17, 15) is 10.4 Å². The number of rotatable bonds is 18. The van der Waals surface area contributed by atoms with Crippen LogP contribution in [-0.2, 0) is 22.3 Å². The number of nitriles is 1. The van der Waals surface area contributed by atoms with Crippen LogP contribution in [0.2, 0.25) is 23.7 Å². The van der Waals surface area contributed by atoms with Crippen molar-refractivity contribution >= 4 is 32.0 Å². The van der Waals surface area contributed by atoms with Gasteiger partial charge in [0.05, 0.1) is 27.3 Å². The van der Waals surface area contributed by atoms with E-state index < -0.39 is 22.0 Å². The zero-order chi connectivity index (χ0) is 43.5. The molecule has 320 valence electrons. The topological polar surface area (TPSA) is 65.7 Å². The van der Waals surface area contributed by atoms with Gasteiger partial charge in [0.2, 0.25) is 0 Å². The molecule has 61 heavy (non-hydrogen) atoms. The van der Waals surface area contributed by atoms with E-state index in [1.807, 2.05) is 24.3 Å². The van der Waals surface area contributed by atoms with Gasteiger partial charge in [-0.3, -0.25) is 4.90 Å². The van der Waals surface area contributed by atoms with Crippen LogP contribution in [0, 0.1) is 17.2 Å². The smallest absolute Gasteiger partial charge is 0.261 e. The largest absolute Gasteiger partial charge is 0.404 e. The molecule has 1 fully saturated rings. The molecule has 5 aromatic carbocycles. The van der Waals surface area contributed by atoms with E-state index in [0.717, 1.165) is 24.0 Å². The van der Waals surface area contributed by atoms with E-state index in [1.165, 1.54) is 21.1 Å². The summed E-state index contributed by atoms with van der Waals surface area (Å²) in [5.41, 5.74) is 2.28. The highest BCUT2D eigenvalue weighted by Gasteiger charge is 2.58. The third kappa shape index (κ3) is 10.6. The predicted molar refractivity (Wildman–Crippen MR) is 258 cm³/mol. The van der Waals surface area contributed by atoms with Crippen molar-refractivity contribution in [1.29, 1.82) is 5.26 Å². The van der Waals surface area contributed by atoms with E-state index in [-0.39, 0.29) is 35.2 Å². The van der Waals surface area contributed by atoms with Crippen molar-refractivity contribution in [1.82, 2.24) is 4.90 Å². The molecule has 5 nitrogen and oxygen atoms in total. The van der Waals surface area contributed by atoms with Gasteiger partial charge in [-0.1, -0.05) is 197 Å².